The molecule has 1 saturated carbocycles. The Morgan fingerprint density at radius 1 is 1.58 bits per heavy atom. The van der Waals surface area contributed by atoms with Crippen LogP contribution in [0.25, 0.3) is 0 Å². The molecule has 7 nitrogen and oxygen atoms in total. The number of phenolic OH excluding ortho intramolecular Hbond substituents is 1. The summed E-state index contributed by atoms with van der Waals surface area (Å²) in [7, 11) is 0. The molecule has 0 saturated heterocycles. The molecule has 4 N–H and O–H groups in total. The Labute approximate surface area is 109 Å². The summed E-state index contributed by atoms with van der Waals surface area (Å²) >= 11 is 0. The van der Waals surface area contributed by atoms with Gasteiger partial charge in [0.15, 0.2) is 5.69 Å². The number of hydrogen-bond donors (Lipinski definition) is 3. The van der Waals surface area contributed by atoms with E-state index < -0.39 is 10.8 Å². The molecule has 0 aliphatic heterocycles. The zero-order valence-electron chi connectivity index (χ0n) is 10.2. The van der Waals surface area contributed by atoms with Gasteiger partial charge in [-0.15, -0.1) is 0 Å². The molecule has 0 spiro atoms. The number of amides is 1. The van der Waals surface area contributed by atoms with Crippen LogP contribution in [0.1, 0.15) is 19.3 Å². The van der Waals surface area contributed by atoms with E-state index >= 15 is 0 Å². The molecule has 1 aliphatic carbocycles. The average molecular weight is 265 g/mol. The van der Waals surface area contributed by atoms with Gasteiger partial charge in [0.25, 0.3) is 5.69 Å². The molecule has 1 aromatic carbocycles. The van der Waals surface area contributed by atoms with E-state index in [1.807, 2.05) is 0 Å². The number of para-hydroxylation sites is 1. The summed E-state index contributed by atoms with van der Waals surface area (Å²) in [5.74, 6) is -0.392. The Morgan fingerprint density at radius 2 is 2.26 bits per heavy atom. The molecular weight excluding hydrogens is 250 g/mol. The van der Waals surface area contributed by atoms with Gasteiger partial charge in [-0.25, -0.2) is 0 Å². The first-order valence-electron chi connectivity index (χ1n) is 6.01. The van der Waals surface area contributed by atoms with Crippen LogP contribution < -0.4 is 11.1 Å². The molecule has 0 heterocycles. The number of hydrogen-bond acceptors (Lipinski definition) is 5. The maximum atomic E-state index is 11.8. The summed E-state index contributed by atoms with van der Waals surface area (Å²) in [5, 5.41) is 22.8. The van der Waals surface area contributed by atoms with Crippen LogP contribution >= 0.6 is 0 Å². The van der Waals surface area contributed by atoms with Crippen molar-refractivity contribution in [3.8, 4) is 5.75 Å². The van der Waals surface area contributed by atoms with Crippen molar-refractivity contribution in [3.63, 3.8) is 0 Å². The second-order valence-electron chi connectivity index (χ2n) is 4.68. The van der Waals surface area contributed by atoms with Crippen LogP contribution in [-0.4, -0.2) is 22.0 Å². The molecule has 7 heteroatoms. The smallest absolute Gasteiger partial charge is 0.296 e. The first kappa shape index (κ1) is 13.3. The van der Waals surface area contributed by atoms with E-state index in [1.54, 1.807) is 0 Å². The van der Waals surface area contributed by atoms with E-state index in [2.05, 4.69) is 5.32 Å². The molecule has 2 rings (SSSR count). The van der Waals surface area contributed by atoms with Gasteiger partial charge in [-0.2, -0.15) is 0 Å². The molecule has 1 unspecified atom stereocenters. The van der Waals surface area contributed by atoms with Gasteiger partial charge < -0.3 is 16.2 Å². The fourth-order valence-electron chi connectivity index (χ4n) is 1.90. The Bertz CT molecular complexity index is 514. The fraction of sp³-hybridized carbons (Fsp3) is 0.417. The van der Waals surface area contributed by atoms with Crippen molar-refractivity contribution in [2.45, 2.75) is 25.3 Å². The van der Waals surface area contributed by atoms with Gasteiger partial charge in [0, 0.05) is 18.5 Å². The molecule has 1 aliphatic rings. The van der Waals surface area contributed by atoms with Gasteiger partial charge in [0.05, 0.1) is 4.92 Å². The lowest BCUT2D eigenvalue weighted by Gasteiger charge is -2.11. The summed E-state index contributed by atoms with van der Waals surface area (Å²) in [6.45, 7) is 0. The summed E-state index contributed by atoms with van der Waals surface area (Å²) < 4.78 is 0. The lowest BCUT2D eigenvalue weighted by Crippen LogP contribution is -2.29. The van der Waals surface area contributed by atoms with Crippen LogP contribution in [0, 0.1) is 16.0 Å². The van der Waals surface area contributed by atoms with Crippen LogP contribution in [-0.2, 0) is 4.79 Å². The first-order valence-corrected chi connectivity index (χ1v) is 6.01. The number of carbonyl (C=O) groups is 1. The van der Waals surface area contributed by atoms with Gasteiger partial charge in [-0.1, -0.05) is 6.07 Å². The van der Waals surface area contributed by atoms with Crippen molar-refractivity contribution in [1.82, 2.24) is 0 Å². The normalized spacial score (nSPS) is 15.8. The third kappa shape index (κ3) is 3.19. The number of rotatable bonds is 5. The van der Waals surface area contributed by atoms with Crippen LogP contribution in [0.15, 0.2) is 18.2 Å². The van der Waals surface area contributed by atoms with Crippen LogP contribution in [0.2, 0.25) is 0 Å². The van der Waals surface area contributed by atoms with E-state index in [1.165, 1.54) is 18.2 Å². The summed E-state index contributed by atoms with van der Waals surface area (Å²) in [6, 6.07) is 3.61. The molecule has 1 aromatic rings. The topological polar surface area (TPSA) is 118 Å². The predicted molar refractivity (Wildman–Crippen MR) is 68.7 cm³/mol. The fourth-order valence-corrected chi connectivity index (χ4v) is 1.90. The molecule has 1 fully saturated rings. The molecule has 0 bridgehead atoms. The third-order valence-corrected chi connectivity index (χ3v) is 3.13. The first-order chi connectivity index (χ1) is 8.99. The standard InChI is InChI=1S/C12H15N3O4/c13-8(7-4-5-7)6-11(17)14-12-9(15(18)19)2-1-3-10(12)16/h1-3,7-8,16H,4-6,13H2,(H,14,17). The zero-order valence-corrected chi connectivity index (χ0v) is 10.2. The predicted octanol–water partition coefficient (Wildman–Crippen LogP) is 1.37. The van der Waals surface area contributed by atoms with E-state index in [4.69, 9.17) is 5.73 Å². The Hall–Kier alpha value is -2.15. The SMILES string of the molecule is NC(CC(=O)Nc1c(O)cccc1[N+](=O)[O-])C1CC1. The highest BCUT2D eigenvalue weighted by Gasteiger charge is 2.30. The van der Waals surface area contributed by atoms with Gasteiger partial charge >= 0.3 is 0 Å². The molecule has 19 heavy (non-hydrogen) atoms. The highest BCUT2D eigenvalue weighted by Crippen LogP contribution is 2.35. The van der Waals surface area contributed by atoms with E-state index in [0.717, 1.165) is 12.8 Å². The van der Waals surface area contributed by atoms with Crippen molar-refractivity contribution in [1.29, 1.82) is 0 Å². The Morgan fingerprint density at radius 3 is 2.84 bits per heavy atom. The van der Waals surface area contributed by atoms with Crippen LogP contribution in [0.5, 0.6) is 5.75 Å². The zero-order chi connectivity index (χ0) is 14.0. The van der Waals surface area contributed by atoms with Crippen molar-refractivity contribution in [3.05, 3.63) is 28.3 Å². The molecule has 102 valence electrons. The highest BCUT2D eigenvalue weighted by atomic mass is 16.6. The lowest BCUT2D eigenvalue weighted by atomic mass is 10.1. The summed E-state index contributed by atoms with van der Waals surface area (Å²) in [6.07, 6.45) is 2.13. The van der Waals surface area contributed by atoms with E-state index in [-0.39, 0.29) is 29.6 Å². The monoisotopic (exact) mass is 265 g/mol. The maximum Gasteiger partial charge on any atom is 0.296 e. The van der Waals surface area contributed by atoms with Crippen molar-refractivity contribution >= 4 is 17.3 Å². The number of nitrogens with one attached hydrogen (secondary N) is 1. The number of nitro benzene ring substituents is 1. The lowest BCUT2D eigenvalue weighted by molar-refractivity contribution is -0.384. The van der Waals surface area contributed by atoms with Crippen molar-refractivity contribution in [2.75, 3.05) is 5.32 Å². The number of anilines is 1. The number of aromatic hydroxyl groups is 1. The number of nitro groups is 1. The second kappa shape index (κ2) is 5.23. The Balaban J connectivity index is 2.09. The number of nitrogens with zero attached hydrogens (tertiary/aromatic N) is 1. The minimum atomic E-state index is -0.657. The second-order valence-corrected chi connectivity index (χ2v) is 4.68. The van der Waals surface area contributed by atoms with Gasteiger partial charge in [-0.05, 0) is 24.8 Å². The third-order valence-electron chi connectivity index (χ3n) is 3.13. The van der Waals surface area contributed by atoms with Crippen LogP contribution in [0.4, 0.5) is 11.4 Å². The largest absolute Gasteiger partial charge is 0.505 e. The molecule has 0 radical (unpaired) electrons. The number of carbonyl (C=O) groups excluding carboxylic acids is 1. The average Bonchev–Trinajstić information content (AvgIpc) is 3.15. The van der Waals surface area contributed by atoms with Gasteiger partial charge in [0.2, 0.25) is 5.91 Å². The molecular formula is C12H15N3O4. The number of benzene rings is 1. The summed E-state index contributed by atoms with van der Waals surface area (Å²) in [5.41, 5.74) is 5.29. The van der Waals surface area contributed by atoms with E-state index in [9.17, 15) is 20.0 Å². The molecule has 1 amide bonds. The number of nitrogens with two attached hydrogens (primary N) is 1. The van der Waals surface area contributed by atoms with Gasteiger partial charge in [-0.3, -0.25) is 14.9 Å². The van der Waals surface area contributed by atoms with E-state index in [0.29, 0.717) is 5.92 Å². The molecule has 0 aromatic heterocycles. The van der Waals surface area contributed by atoms with Gasteiger partial charge in [0.1, 0.15) is 5.75 Å². The Kier molecular flexibility index (Phi) is 3.66. The van der Waals surface area contributed by atoms with Crippen molar-refractivity contribution in [2.24, 2.45) is 11.7 Å². The molecule has 1 atom stereocenters. The minimum Gasteiger partial charge on any atom is -0.505 e. The highest BCUT2D eigenvalue weighted by molar-refractivity contribution is 5.95. The van der Waals surface area contributed by atoms with Crippen molar-refractivity contribution < 1.29 is 14.8 Å². The number of phenols is 1. The quantitative estimate of drug-likeness (QED) is 0.422. The summed E-state index contributed by atoms with van der Waals surface area (Å²) in [4.78, 5) is 21.9. The minimum absolute atomic E-state index is 0.0934. The maximum absolute atomic E-state index is 11.8. The van der Waals surface area contributed by atoms with Crippen LogP contribution in [0.3, 0.4) is 0 Å².